The van der Waals surface area contributed by atoms with Crippen molar-refractivity contribution in [2.45, 2.75) is 113 Å². The molecule has 0 fully saturated rings. The second-order valence-corrected chi connectivity index (χ2v) is 13.3. The van der Waals surface area contributed by atoms with E-state index in [1.165, 1.54) is 122 Å². The third-order valence-electron chi connectivity index (χ3n) is 11.4. The maximum atomic E-state index is 2.44. The summed E-state index contributed by atoms with van der Waals surface area (Å²) in [5.41, 5.74) is 24.9. The largest absolute Gasteiger partial charge is 0.0776 e. The molecule has 254 valence electrons. The van der Waals surface area contributed by atoms with Gasteiger partial charge in [0.25, 0.3) is 0 Å². The minimum Gasteiger partial charge on any atom is -0.0776 e. The summed E-state index contributed by atoms with van der Waals surface area (Å²) in [6.45, 7) is 27.7. The molecule has 0 amide bonds. The summed E-state index contributed by atoms with van der Waals surface area (Å²) >= 11 is 0. The van der Waals surface area contributed by atoms with Crippen molar-refractivity contribution in [2.75, 3.05) is 0 Å². The van der Waals surface area contributed by atoms with Crippen LogP contribution in [0.4, 0.5) is 0 Å². The second-order valence-electron chi connectivity index (χ2n) is 13.3. The van der Waals surface area contributed by atoms with Crippen molar-refractivity contribution in [3.05, 3.63) is 127 Å². The van der Waals surface area contributed by atoms with Crippen LogP contribution in [0.15, 0.2) is 60.7 Å². The van der Waals surface area contributed by atoms with Gasteiger partial charge in [-0.3, -0.25) is 0 Å². The van der Waals surface area contributed by atoms with Crippen molar-refractivity contribution in [3.8, 4) is 33.4 Å². The highest BCUT2D eigenvalue weighted by Crippen LogP contribution is 2.48. The van der Waals surface area contributed by atoms with Gasteiger partial charge in [-0.25, -0.2) is 0 Å². The van der Waals surface area contributed by atoms with Crippen molar-refractivity contribution in [2.24, 2.45) is 0 Å². The summed E-state index contributed by atoms with van der Waals surface area (Å²) in [4.78, 5) is 0. The van der Waals surface area contributed by atoms with Gasteiger partial charge in [0.15, 0.2) is 0 Å². The molecule has 6 rings (SSSR count). The lowest BCUT2D eigenvalue weighted by Crippen LogP contribution is -2.03. The van der Waals surface area contributed by atoms with E-state index in [2.05, 4.69) is 144 Å². The maximum Gasteiger partial charge on any atom is -0.00608 e. The summed E-state index contributed by atoms with van der Waals surface area (Å²) < 4.78 is 0. The van der Waals surface area contributed by atoms with Crippen molar-refractivity contribution < 1.29 is 0 Å². The molecule has 0 heteroatoms. The Morgan fingerprint density at radius 3 is 0.812 bits per heavy atom. The van der Waals surface area contributed by atoms with Gasteiger partial charge in [-0.05, 0) is 217 Å². The topological polar surface area (TPSA) is 0 Å². The zero-order chi connectivity index (χ0) is 31.8. The van der Waals surface area contributed by atoms with Crippen LogP contribution in [-0.2, 0) is 0 Å². The number of rotatable bonds is 3. The molecule has 0 aromatic heterocycles. The van der Waals surface area contributed by atoms with Crippen LogP contribution in [0.1, 0.15) is 96.5 Å². The molecule has 0 radical (unpaired) electrons. The average molecular weight is 639 g/mol. The highest BCUT2D eigenvalue weighted by Gasteiger charge is 2.24. The minimum atomic E-state index is 0. The maximum absolute atomic E-state index is 2.44. The molecule has 0 aliphatic carbocycles. The van der Waals surface area contributed by atoms with E-state index in [-0.39, 0.29) is 29.7 Å². The van der Waals surface area contributed by atoms with Crippen LogP contribution in [0.3, 0.4) is 0 Å². The van der Waals surface area contributed by atoms with Gasteiger partial charge in [-0.2, -0.15) is 0 Å². The van der Waals surface area contributed by atoms with E-state index in [1.54, 1.807) is 0 Å². The molecule has 0 aliphatic rings. The lowest BCUT2D eigenvalue weighted by molar-refractivity contribution is 1.17. The summed E-state index contributed by atoms with van der Waals surface area (Å²) in [6.07, 6.45) is 0. The van der Waals surface area contributed by atoms with Gasteiger partial charge in [0.05, 0.1) is 0 Å². The fourth-order valence-electron chi connectivity index (χ4n) is 7.87. The first-order valence-electron chi connectivity index (χ1n) is 16.1. The Balaban J connectivity index is 0.00000200. The van der Waals surface area contributed by atoms with E-state index < -0.39 is 0 Å². The molecule has 0 atom stereocenters. The number of hydrogen-bond acceptors (Lipinski definition) is 0. The zero-order valence-electron chi connectivity index (χ0n) is 28.8. The van der Waals surface area contributed by atoms with Gasteiger partial charge in [-0.15, -0.1) is 0 Å². The molecule has 0 bridgehead atoms. The smallest absolute Gasteiger partial charge is 0.00608 e. The lowest BCUT2D eigenvalue weighted by atomic mass is 9.78. The minimum absolute atomic E-state index is 0. The van der Waals surface area contributed by atoms with Crippen LogP contribution in [0.25, 0.3) is 54.9 Å². The van der Waals surface area contributed by atoms with Crippen LogP contribution in [0, 0.1) is 83.1 Å². The van der Waals surface area contributed by atoms with Crippen molar-refractivity contribution >= 4 is 21.5 Å². The van der Waals surface area contributed by atoms with Crippen molar-refractivity contribution in [3.63, 3.8) is 0 Å². The van der Waals surface area contributed by atoms with Crippen LogP contribution >= 0.6 is 0 Å². The van der Waals surface area contributed by atoms with E-state index in [9.17, 15) is 0 Å². The van der Waals surface area contributed by atoms with Gasteiger partial charge in [0, 0.05) is 0 Å². The lowest BCUT2D eigenvalue weighted by Gasteiger charge is -2.26. The van der Waals surface area contributed by atoms with Gasteiger partial charge >= 0.3 is 0 Å². The molecule has 6 aromatic rings. The highest BCUT2D eigenvalue weighted by atomic mass is 14.3. The first-order chi connectivity index (χ1) is 20.9. The molecule has 0 saturated carbocycles. The van der Waals surface area contributed by atoms with Crippen LogP contribution in [0.5, 0.6) is 0 Å². The van der Waals surface area contributed by atoms with E-state index in [1.807, 2.05) is 0 Å². The van der Waals surface area contributed by atoms with Gasteiger partial charge in [0.2, 0.25) is 0 Å². The summed E-state index contributed by atoms with van der Waals surface area (Å²) in [6, 6.07) is 22.9. The third-order valence-corrected chi connectivity index (χ3v) is 11.4. The van der Waals surface area contributed by atoms with Crippen molar-refractivity contribution in [1.29, 1.82) is 0 Å². The van der Waals surface area contributed by atoms with Crippen molar-refractivity contribution in [1.82, 2.24) is 0 Å². The third kappa shape index (κ3) is 5.78. The van der Waals surface area contributed by atoms with Crippen LogP contribution in [-0.4, -0.2) is 0 Å². The molecular weight excluding hydrogens is 577 g/mol. The molecule has 0 N–H and O–H groups in total. The normalized spacial score (nSPS) is 10.7. The number of fused-ring (bicyclic) bond motifs is 2. The molecule has 0 spiro atoms. The standard InChI is InChI=1S/C44H46.4CH4/c1-23-25(3)29(7)41(30(8)26(23)4)39-21-35-17-13-15-19-37(35)43(33(39)11)44-34(12)40(22-36-18-14-16-20-38(36)44)42-31(9)27(5)24(2)28(6)32(42)10;;;;/h13-22H,1-12H3;4*1H4. The van der Waals surface area contributed by atoms with Gasteiger partial charge < -0.3 is 0 Å². The Labute approximate surface area is 294 Å². The molecule has 48 heavy (non-hydrogen) atoms. The molecule has 0 saturated heterocycles. The van der Waals surface area contributed by atoms with E-state index >= 15 is 0 Å². The Bertz CT molecular complexity index is 1950. The summed E-state index contributed by atoms with van der Waals surface area (Å²) in [7, 11) is 0. The molecule has 0 heterocycles. The van der Waals surface area contributed by atoms with Gasteiger partial charge in [-0.1, -0.05) is 78.2 Å². The first-order valence-corrected chi connectivity index (χ1v) is 16.1. The quantitative estimate of drug-likeness (QED) is 0.181. The predicted molar refractivity (Wildman–Crippen MR) is 222 cm³/mol. The first kappa shape index (κ1) is 40.0. The van der Waals surface area contributed by atoms with Gasteiger partial charge in [0.1, 0.15) is 0 Å². The van der Waals surface area contributed by atoms with E-state index in [0.29, 0.717) is 0 Å². The molecular formula is C48H62. The van der Waals surface area contributed by atoms with E-state index in [4.69, 9.17) is 0 Å². The molecule has 0 nitrogen and oxygen atoms in total. The Morgan fingerprint density at radius 1 is 0.271 bits per heavy atom. The summed E-state index contributed by atoms with van der Waals surface area (Å²) in [5, 5.41) is 5.22. The summed E-state index contributed by atoms with van der Waals surface area (Å²) in [5.74, 6) is 0. The Hall–Kier alpha value is -4.16. The highest BCUT2D eigenvalue weighted by molar-refractivity contribution is 6.12. The number of hydrogen-bond donors (Lipinski definition) is 0. The zero-order valence-corrected chi connectivity index (χ0v) is 28.8. The van der Waals surface area contributed by atoms with Crippen LogP contribution < -0.4 is 0 Å². The fraction of sp³-hybridized carbons (Fsp3) is 0.333. The Morgan fingerprint density at radius 2 is 0.521 bits per heavy atom. The number of benzene rings is 6. The predicted octanol–water partition coefficient (Wildman–Crippen LogP) is 15.2. The molecule has 6 aromatic carbocycles. The SMILES string of the molecule is C.C.C.C.Cc1c(C)c(C)c(-c2cc3ccccc3c(-c3c(C)c(-c4c(C)c(C)c(C)c(C)c4C)cc4ccccc34)c2C)c(C)c1C. The van der Waals surface area contributed by atoms with E-state index in [0.717, 1.165) is 0 Å². The molecule has 0 aliphatic heterocycles. The monoisotopic (exact) mass is 638 g/mol. The fourth-order valence-corrected chi connectivity index (χ4v) is 7.87. The van der Waals surface area contributed by atoms with Crippen LogP contribution in [0.2, 0.25) is 0 Å². The average Bonchev–Trinajstić information content (AvgIpc) is 3.02. The second kappa shape index (κ2) is 14.5. The molecule has 0 unspecified atom stereocenters. The Kier molecular flexibility index (Phi) is 12.1.